The van der Waals surface area contributed by atoms with Crippen LogP contribution in [-0.4, -0.2) is 4.57 Å². The molecule has 57 heavy (non-hydrogen) atoms. The highest BCUT2D eigenvalue weighted by Gasteiger charge is 2.38. The number of nitrogens with zero attached hydrogens (tertiary/aromatic N) is 2. The molecule has 0 N–H and O–H groups in total. The second kappa shape index (κ2) is 14.8. The molecule has 0 unspecified atom stereocenters. The van der Waals surface area contributed by atoms with Gasteiger partial charge in [0.05, 0.1) is 16.4 Å². The van der Waals surface area contributed by atoms with Crippen LogP contribution < -0.4 is 4.90 Å². The first kappa shape index (κ1) is 34.3. The molecule has 0 saturated carbocycles. The highest BCUT2D eigenvalue weighted by atomic mass is 15.1. The van der Waals surface area contributed by atoms with E-state index in [1.807, 2.05) is 0 Å². The van der Waals surface area contributed by atoms with Crippen molar-refractivity contribution < 1.29 is 0 Å². The van der Waals surface area contributed by atoms with Crippen LogP contribution in [0.25, 0.3) is 33.1 Å². The fraction of sp³-hybridized carbons (Fsp3) is 0.0545. The summed E-state index contributed by atoms with van der Waals surface area (Å²) < 4.78 is 2.38. The molecular formula is C55H42N2. The van der Waals surface area contributed by atoms with Crippen LogP contribution in [0.1, 0.15) is 40.7 Å². The summed E-state index contributed by atoms with van der Waals surface area (Å²) in [6, 6.07) is 77.5. The van der Waals surface area contributed by atoms with E-state index < -0.39 is 5.41 Å². The summed E-state index contributed by atoms with van der Waals surface area (Å²) in [4.78, 5) is 2.39. The molecule has 0 atom stereocenters. The van der Waals surface area contributed by atoms with Gasteiger partial charge in [-0.3, -0.25) is 0 Å². The molecule has 272 valence electrons. The number of para-hydroxylation sites is 2. The van der Waals surface area contributed by atoms with Crippen LogP contribution in [0.2, 0.25) is 0 Å². The topological polar surface area (TPSA) is 8.17 Å². The molecule has 10 rings (SSSR count). The summed E-state index contributed by atoms with van der Waals surface area (Å²) in [6.07, 6.45) is 9.06. The Bertz CT molecular complexity index is 2720. The molecule has 0 bridgehead atoms. The van der Waals surface area contributed by atoms with Gasteiger partial charge in [-0.15, -0.1) is 0 Å². The van der Waals surface area contributed by atoms with E-state index in [0.717, 1.165) is 35.6 Å². The fourth-order valence-corrected chi connectivity index (χ4v) is 8.98. The summed E-state index contributed by atoms with van der Waals surface area (Å²) in [5, 5.41) is 2.53. The van der Waals surface area contributed by atoms with Crippen LogP contribution in [0.4, 0.5) is 17.1 Å². The predicted molar refractivity (Wildman–Crippen MR) is 240 cm³/mol. The Morgan fingerprint density at radius 3 is 1.42 bits per heavy atom. The first-order valence-electron chi connectivity index (χ1n) is 19.9. The van der Waals surface area contributed by atoms with Gasteiger partial charge in [-0.2, -0.15) is 0 Å². The smallest absolute Gasteiger partial charge is 0.0701 e. The molecule has 1 aliphatic rings. The Labute approximate surface area is 334 Å². The molecule has 0 spiro atoms. The summed E-state index contributed by atoms with van der Waals surface area (Å²) in [6.45, 7) is 0. The number of fused-ring (bicyclic) bond motifs is 3. The Hall–Kier alpha value is -7.16. The van der Waals surface area contributed by atoms with E-state index in [1.54, 1.807) is 0 Å². The van der Waals surface area contributed by atoms with Crippen LogP contribution in [-0.2, 0) is 5.41 Å². The first-order valence-corrected chi connectivity index (χ1v) is 19.9. The van der Waals surface area contributed by atoms with Crippen molar-refractivity contribution in [3.05, 3.63) is 258 Å². The molecule has 0 aliphatic heterocycles. The third kappa shape index (κ3) is 6.07. The summed E-state index contributed by atoms with van der Waals surface area (Å²) in [5.41, 5.74) is 13.7. The third-order valence-electron chi connectivity index (χ3n) is 11.6. The molecule has 8 aromatic carbocycles. The van der Waals surface area contributed by atoms with Gasteiger partial charge in [-0.05, 0) is 107 Å². The van der Waals surface area contributed by atoms with Gasteiger partial charge < -0.3 is 9.47 Å². The van der Waals surface area contributed by atoms with Gasteiger partial charge in [0.25, 0.3) is 0 Å². The number of hydrogen-bond donors (Lipinski definition) is 0. The Morgan fingerprint density at radius 1 is 0.404 bits per heavy atom. The minimum absolute atomic E-state index is 0.517. The van der Waals surface area contributed by atoms with Crippen molar-refractivity contribution in [3.63, 3.8) is 0 Å². The minimum Gasteiger partial charge on any atom is -0.310 e. The number of rotatable bonds is 9. The van der Waals surface area contributed by atoms with Crippen LogP contribution in [0, 0.1) is 0 Å². The molecular weight excluding hydrogens is 689 g/mol. The van der Waals surface area contributed by atoms with Gasteiger partial charge >= 0.3 is 0 Å². The summed E-state index contributed by atoms with van der Waals surface area (Å²) >= 11 is 0. The standard InChI is InChI=1S/C55H42N2/c1-5-18-41(19-6-1)42-20-17-27-50(40-42)56(48-36-38-49(39-37-48)57-53-30-15-13-28-51(53)52-29-14-16-31-54(52)57)47-34-32-46(33-35-47)55(43-21-7-2-8-22-43,44-23-9-3-10-24-44)45-25-11-4-12-26-45/h2-5,7-40H,1,6H2. The molecule has 0 fully saturated rings. The average molecular weight is 731 g/mol. The maximum Gasteiger partial charge on any atom is 0.0701 e. The van der Waals surface area contributed by atoms with E-state index in [2.05, 4.69) is 240 Å². The van der Waals surface area contributed by atoms with E-state index in [0.29, 0.717) is 0 Å². The van der Waals surface area contributed by atoms with E-state index in [1.165, 1.54) is 55.2 Å². The van der Waals surface area contributed by atoms with E-state index in [4.69, 9.17) is 0 Å². The SMILES string of the molecule is C1=CC(c2cccc(N(c3ccc(-n4c5ccccc5c5ccccc54)cc3)c3ccc(C(c4ccccc4)(c4ccccc4)c4ccccc4)cc3)c2)=CCC1. The minimum atomic E-state index is -0.517. The number of aromatic nitrogens is 1. The molecule has 2 heteroatoms. The van der Waals surface area contributed by atoms with Crippen molar-refractivity contribution in [2.45, 2.75) is 18.3 Å². The van der Waals surface area contributed by atoms with Gasteiger partial charge in [-0.25, -0.2) is 0 Å². The molecule has 1 heterocycles. The second-order valence-electron chi connectivity index (χ2n) is 14.8. The lowest BCUT2D eigenvalue weighted by Gasteiger charge is -2.37. The number of allylic oxidation sites excluding steroid dienone is 4. The normalized spacial score (nSPS) is 12.8. The molecule has 1 aromatic heterocycles. The van der Waals surface area contributed by atoms with Crippen molar-refractivity contribution in [2.75, 3.05) is 4.90 Å². The average Bonchev–Trinajstić information content (AvgIpc) is 3.63. The van der Waals surface area contributed by atoms with Crippen molar-refractivity contribution >= 4 is 44.4 Å². The Morgan fingerprint density at radius 2 is 0.895 bits per heavy atom. The van der Waals surface area contributed by atoms with Gasteiger partial charge in [0.15, 0.2) is 0 Å². The highest BCUT2D eigenvalue weighted by molar-refractivity contribution is 6.09. The van der Waals surface area contributed by atoms with Crippen LogP contribution >= 0.6 is 0 Å². The van der Waals surface area contributed by atoms with Crippen molar-refractivity contribution in [1.82, 2.24) is 4.57 Å². The van der Waals surface area contributed by atoms with Crippen molar-refractivity contribution in [1.29, 1.82) is 0 Å². The first-order chi connectivity index (χ1) is 28.3. The maximum atomic E-state index is 2.39. The van der Waals surface area contributed by atoms with E-state index >= 15 is 0 Å². The van der Waals surface area contributed by atoms with Gasteiger partial charge in [0.1, 0.15) is 0 Å². The van der Waals surface area contributed by atoms with Crippen LogP contribution in [0.3, 0.4) is 0 Å². The van der Waals surface area contributed by atoms with Crippen LogP contribution in [0.15, 0.2) is 231 Å². The molecule has 0 radical (unpaired) electrons. The van der Waals surface area contributed by atoms with Gasteiger partial charge in [-0.1, -0.05) is 170 Å². The highest BCUT2D eigenvalue weighted by Crippen LogP contribution is 2.46. The third-order valence-corrected chi connectivity index (χ3v) is 11.6. The second-order valence-corrected chi connectivity index (χ2v) is 14.8. The van der Waals surface area contributed by atoms with Crippen LogP contribution in [0.5, 0.6) is 0 Å². The lowest BCUT2D eigenvalue weighted by Crippen LogP contribution is -2.31. The Kier molecular flexibility index (Phi) is 8.93. The monoisotopic (exact) mass is 730 g/mol. The molecule has 2 nitrogen and oxygen atoms in total. The zero-order valence-electron chi connectivity index (χ0n) is 31.7. The van der Waals surface area contributed by atoms with Crippen molar-refractivity contribution in [2.24, 2.45) is 0 Å². The maximum absolute atomic E-state index is 2.39. The lowest BCUT2D eigenvalue weighted by molar-refractivity contribution is 0.745. The number of anilines is 3. The zero-order valence-corrected chi connectivity index (χ0v) is 31.7. The number of benzene rings is 8. The summed E-state index contributed by atoms with van der Waals surface area (Å²) in [7, 11) is 0. The molecule has 0 amide bonds. The van der Waals surface area contributed by atoms with E-state index in [9.17, 15) is 0 Å². The Balaban J connectivity index is 1.13. The van der Waals surface area contributed by atoms with Gasteiger partial charge in [0.2, 0.25) is 0 Å². The number of hydrogen-bond acceptors (Lipinski definition) is 1. The summed E-state index contributed by atoms with van der Waals surface area (Å²) in [5.74, 6) is 0. The molecule has 9 aromatic rings. The molecule has 0 saturated heterocycles. The predicted octanol–water partition coefficient (Wildman–Crippen LogP) is 14.4. The van der Waals surface area contributed by atoms with Crippen molar-refractivity contribution in [3.8, 4) is 5.69 Å². The zero-order chi connectivity index (χ0) is 38.0. The quantitative estimate of drug-likeness (QED) is 0.134. The lowest BCUT2D eigenvalue weighted by atomic mass is 9.65. The fourth-order valence-electron chi connectivity index (χ4n) is 8.98. The largest absolute Gasteiger partial charge is 0.310 e. The van der Waals surface area contributed by atoms with E-state index in [-0.39, 0.29) is 0 Å². The molecule has 1 aliphatic carbocycles. The van der Waals surface area contributed by atoms with Gasteiger partial charge in [0, 0.05) is 33.5 Å².